The van der Waals surface area contributed by atoms with E-state index in [0.717, 1.165) is 0 Å². The van der Waals surface area contributed by atoms with Crippen molar-refractivity contribution < 1.29 is 27.1 Å². The van der Waals surface area contributed by atoms with E-state index >= 15 is 0 Å². The van der Waals surface area contributed by atoms with E-state index in [9.17, 15) is 22.4 Å². The number of amides is 1. The molecule has 0 saturated heterocycles. The van der Waals surface area contributed by atoms with Gasteiger partial charge < -0.3 is 4.74 Å². The lowest BCUT2D eigenvalue weighted by atomic mass is 10.2. The SMILES string of the molecule is CCOC(=O)Nc1cc(C(F)(F)F)ccc1F. The summed E-state index contributed by atoms with van der Waals surface area (Å²) in [5, 5.41) is 1.89. The highest BCUT2D eigenvalue weighted by Gasteiger charge is 2.31. The first kappa shape index (κ1) is 13.3. The first-order valence-electron chi connectivity index (χ1n) is 4.65. The molecule has 0 radical (unpaired) electrons. The van der Waals surface area contributed by atoms with Crippen molar-refractivity contribution in [2.24, 2.45) is 0 Å². The molecule has 0 aliphatic carbocycles. The number of carbonyl (C=O) groups excluding carboxylic acids is 1. The minimum absolute atomic E-state index is 0.0341. The minimum atomic E-state index is -4.60. The zero-order chi connectivity index (χ0) is 13.1. The van der Waals surface area contributed by atoms with E-state index in [1.807, 2.05) is 5.32 Å². The fraction of sp³-hybridized carbons (Fsp3) is 0.300. The lowest BCUT2D eigenvalue weighted by Crippen LogP contribution is -2.15. The zero-order valence-corrected chi connectivity index (χ0v) is 8.77. The number of benzene rings is 1. The van der Waals surface area contributed by atoms with Gasteiger partial charge in [0.1, 0.15) is 5.82 Å². The molecule has 0 heterocycles. The van der Waals surface area contributed by atoms with Gasteiger partial charge in [-0.2, -0.15) is 13.2 Å². The number of alkyl halides is 3. The Hall–Kier alpha value is -1.79. The third kappa shape index (κ3) is 3.61. The van der Waals surface area contributed by atoms with Gasteiger partial charge in [-0.1, -0.05) is 0 Å². The Morgan fingerprint density at radius 2 is 2.06 bits per heavy atom. The smallest absolute Gasteiger partial charge is 0.416 e. The Morgan fingerprint density at radius 1 is 1.41 bits per heavy atom. The van der Waals surface area contributed by atoms with E-state index in [1.54, 1.807) is 0 Å². The first-order valence-corrected chi connectivity index (χ1v) is 4.65. The molecule has 0 aromatic heterocycles. The van der Waals surface area contributed by atoms with E-state index in [0.29, 0.717) is 18.2 Å². The van der Waals surface area contributed by atoms with Crippen molar-refractivity contribution in [1.29, 1.82) is 0 Å². The molecule has 0 bridgehead atoms. The predicted molar refractivity (Wildman–Crippen MR) is 52.0 cm³/mol. The molecule has 0 aliphatic rings. The van der Waals surface area contributed by atoms with Gasteiger partial charge in [0, 0.05) is 0 Å². The van der Waals surface area contributed by atoms with Gasteiger partial charge in [0.25, 0.3) is 0 Å². The van der Waals surface area contributed by atoms with Gasteiger partial charge >= 0.3 is 12.3 Å². The van der Waals surface area contributed by atoms with Gasteiger partial charge in [0.05, 0.1) is 17.9 Å². The molecule has 1 rings (SSSR count). The fourth-order valence-electron chi connectivity index (χ4n) is 1.07. The number of carbonyl (C=O) groups is 1. The number of rotatable bonds is 2. The van der Waals surface area contributed by atoms with Crippen LogP contribution in [-0.2, 0) is 10.9 Å². The minimum Gasteiger partial charge on any atom is -0.450 e. The van der Waals surface area contributed by atoms with E-state index in [1.165, 1.54) is 6.92 Å². The van der Waals surface area contributed by atoms with Crippen molar-refractivity contribution in [3.8, 4) is 0 Å². The van der Waals surface area contributed by atoms with Crippen LogP contribution in [0.5, 0.6) is 0 Å². The maximum Gasteiger partial charge on any atom is 0.416 e. The fourth-order valence-corrected chi connectivity index (χ4v) is 1.07. The van der Waals surface area contributed by atoms with Crippen molar-refractivity contribution in [3.63, 3.8) is 0 Å². The summed E-state index contributed by atoms with van der Waals surface area (Å²) in [6, 6.07) is 1.72. The molecular formula is C10H9F4NO2. The highest BCUT2D eigenvalue weighted by atomic mass is 19.4. The van der Waals surface area contributed by atoms with Gasteiger partial charge in [0.2, 0.25) is 0 Å². The summed E-state index contributed by atoms with van der Waals surface area (Å²) in [5.41, 5.74) is -1.62. The summed E-state index contributed by atoms with van der Waals surface area (Å²) < 4.78 is 54.5. The molecule has 0 aliphatic heterocycles. The topological polar surface area (TPSA) is 38.3 Å². The zero-order valence-electron chi connectivity index (χ0n) is 8.77. The maximum atomic E-state index is 13.1. The highest BCUT2D eigenvalue weighted by Crippen LogP contribution is 2.31. The number of hydrogen-bond donors (Lipinski definition) is 1. The van der Waals surface area contributed by atoms with Crippen LogP contribution >= 0.6 is 0 Å². The molecule has 94 valence electrons. The lowest BCUT2D eigenvalue weighted by Gasteiger charge is -2.10. The van der Waals surface area contributed by atoms with Crippen LogP contribution in [0.2, 0.25) is 0 Å². The molecule has 17 heavy (non-hydrogen) atoms. The average molecular weight is 251 g/mol. The van der Waals surface area contributed by atoms with E-state index in [4.69, 9.17) is 0 Å². The Labute approximate surface area is 94.4 Å². The first-order chi connectivity index (χ1) is 7.84. The molecule has 1 aromatic carbocycles. The van der Waals surface area contributed by atoms with Crippen LogP contribution in [-0.4, -0.2) is 12.7 Å². The number of hydrogen-bond acceptors (Lipinski definition) is 2. The van der Waals surface area contributed by atoms with Crippen LogP contribution in [0.4, 0.5) is 28.0 Å². The number of anilines is 1. The molecule has 0 saturated carbocycles. The monoisotopic (exact) mass is 251 g/mol. The highest BCUT2D eigenvalue weighted by molar-refractivity contribution is 5.84. The van der Waals surface area contributed by atoms with Gasteiger partial charge in [-0.25, -0.2) is 9.18 Å². The van der Waals surface area contributed by atoms with Crippen LogP contribution in [0.1, 0.15) is 12.5 Å². The summed E-state index contributed by atoms with van der Waals surface area (Å²) in [6.07, 6.45) is -5.61. The van der Waals surface area contributed by atoms with Crippen molar-refractivity contribution in [2.75, 3.05) is 11.9 Å². The largest absolute Gasteiger partial charge is 0.450 e. The molecule has 1 aromatic rings. The third-order valence-corrected chi connectivity index (χ3v) is 1.81. The standard InChI is InChI=1S/C10H9F4NO2/c1-2-17-9(16)15-8-5-6(10(12,13)14)3-4-7(8)11/h3-5H,2H2,1H3,(H,15,16). The van der Waals surface area contributed by atoms with Crippen LogP contribution in [0.3, 0.4) is 0 Å². The number of ether oxygens (including phenoxy) is 1. The summed E-state index contributed by atoms with van der Waals surface area (Å²) in [7, 11) is 0. The number of nitrogens with one attached hydrogen (secondary N) is 1. The molecule has 0 spiro atoms. The summed E-state index contributed by atoms with van der Waals surface area (Å²) in [5.74, 6) is -0.967. The van der Waals surface area contributed by atoms with Crippen LogP contribution in [0.15, 0.2) is 18.2 Å². The van der Waals surface area contributed by atoms with Crippen molar-refractivity contribution >= 4 is 11.8 Å². The van der Waals surface area contributed by atoms with E-state index in [-0.39, 0.29) is 6.61 Å². The van der Waals surface area contributed by atoms with E-state index < -0.39 is 29.3 Å². The van der Waals surface area contributed by atoms with Crippen LogP contribution < -0.4 is 5.32 Å². The summed E-state index contributed by atoms with van der Waals surface area (Å²) in [6.45, 7) is 1.55. The van der Waals surface area contributed by atoms with Crippen LogP contribution in [0.25, 0.3) is 0 Å². The lowest BCUT2D eigenvalue weighted by molar-refractivity contribution is -0.137. The third-order valence-electron chi connectivity index (χ3n) is 1.81. The molecule has 7 heteroatoms. The second kappa shape index (κ2) is 5.03. The Balaban J connectivity index is 2.95. The molecule has 0 unspecified atom stereocenters. The van der Waals surface area contributed by atoms with Crippen LogP contribution in [0, 0.1) is 5.82 Å². The van der Waals surface area contributed by atoms with Gasteiger partial charge in [0.15, 0.2) is 0 Å². The molecular weight excluding hydrogens is 242 g/mol. The van der Waals surface area contributed by atoms with E-state index in [2.05, 4.69) is 4.74 Å². The molecule has 3 nitrogen and oxygen atoms in total. The van der Waals surface area contributed by atoms with Crippen molar-refractivity contribution in [2.45, 2.75) is 13.1 Å². The molecule has 1 amide bonds. The average Bonchev–Trinajstić information content (AvgIpc) is 2.20. The Bertz CT molecular complexity index is 417. The van der Waals surface area contributed by atoms with Crippen molar-refractivity contribution in [1.82, 2.24) is 0 Å². The maximum absolute atomic E-state index is 13.1. The molecule has 0 atom stereocenters. The molecule has 0 fully saturated rings. The Morgan fingerprint density at radius 3 is 2.59 bits per heavy atom. The quantitative estimate of drug-likeness (QED) is 0.818. The Kier molecular flexibility index (Phi) is 3.93. The second-order valence-corrected chi connectivity index (χ2v) is 3.04. The van der Waals surface area contributed by atoms with Crippen molar-refractivity contribution in [3.05, 3.63) is 29.6 Å². The summed E-state index contributed by atoms with van der Waals surface area (Å²) in [4.78, 5) is 10.9. The summed E-state index contributed by atoms with van der Waals surface area (Å²) >= 11 is 0. The van der Waals surface area contributed by atoms with Gasteiger partial charge in [-0.05, 0) is 25.1 Å². The van der Waals surface area contributed by atoms with Gasteiger partial charge in [-0.15, -0.1) is 0 Å². The number of halogens is 4. The second-order valence-electron chi connectivity index (χ2n) is 3.04. The molecule has 1 N–H and O–H groups in total. The predicted octanol–water partition coefficient (Wildman–Crippen LogP) is 3.41. The normalized spacial score (nSPS) is 11.1. The van der Waals surface area contributed by atoms with Gasteiger partial charge in [-0.3, -0.25) is 5.32 Å².